The van der Waals surface area contributed by atoms with Crippen molar-refractivity contribution < 1.29 is 19.1 Å². The Balaban J connectivity index is 1.76. The summed E-state index contributed by atoms with van der Waals surface area (Å²) in [5.41, 5.74) is 0. The van der Waals surface area contributed by atoms with E-state index >= 15 is 0 Å². The van der Waals surface area contributed by atoms with Crippen LogP contribution in [0.15, 0.2) is 35.0 Å². The molecule has 1 fully saturated rings. The van der Waals surface area contributed by atoms with Crippen LogP contribution in [0.25, 0.3) is 0 Å². The number of carboxylic acids is 1. The molecule has 2 aliphatic rings. The number of rotatable bonds is 4. The normalized spacial score (nSPS) is 30.6. The van der Waals surface area contributed by atoms with E-state index in [1.165, 1.54) is 0 Å². The van der Waals surface area contributed by atoms with E-state index in [0.717, 1.165) is 6.42 Å². The Bertz CT molecular complexity index is 548. The lowest BCUT2D eigenvalue weighted by molar-refractivity contribution is -0.150. The smallest absolute Gasteiger partial charge is 0.307 e. The molecule has 1 heterocycles. The van der Waals surface area contributed by atoms with Crippen LogP contribution in [0.4, 0.5) is 0 Å². The van der Waals surface area contributed by atoms with Crippen LogP contribution in [0.3, 0.4) is 0 Å². The van der Waals surface area contributed by atoms with Gasteiger partial charge in [-0.2, -0.15) is 0 Å². The fraction of sp³-hybridized carbons (Fsp3) is 0.467. The molecule has 2 bridgehead atoms. The number of carbonyl (C=O) groups excluding carboxylic acids is 1. The van der Waals surface area contributed by atoms with Crippen molar-refractivity contribution in [3.63, 3.8) is 0 Å². The first-order valence-electron chi connectivity index (χ1n) is 6.76. The zero-order valence-corrected chi connectivity index (χ0v) is 11.2. The minimum absolute atomic E-state index is 0.00321. The maximum absolute atomic E-state index is 12.6. The maximum atomic E-state index is 12.6. The number of furan rings is 1. The summed E-state index contributed by atoms with van der Waals surface area (Å²) in [5, 5.41) is 9.37. The van der Waals surface area contributed by atoms with Gasteiger partial charge in [-0.05, 0) is 30.4 Å². The molecule has 1 amide bonds. The third-order valence-electron chi connectivity index (χ3n) is 4.38. The van der Waals surface area contributed by atoms with Gasteiger partial charge in [0.15, 0.2) is 0 Å². The molecule has 0 aromatic carbocycles. The highest BCUT2D eigenvalue weighted by Gasteiger charge is 2.52. The summed E-state index contributed by atoms with van der Waals surface area (Å²) < 4.78 is 5.23. The van der Waals surface area contributed by atoms with Crippen molar-refractivity contribution >= 4 is 11.9 Å². The molecule has 0 aliphatic heterocycles. The van der Waals surface area contributed by atoms with E-state index in [1.54, 1.807) is 30.3 Å². The predicted octanol–water partition coefficient (Wildman–Crippen LogP) is 1.76. The van der Waals surface area contributed by atoms with Crippen LogP contribution in [0, 0.1) is 23.7 Å². The van der Waals surface area contributed by atoms with Crippen molar-refractivity contribution in [2.45, 2.75) is 13.0 Å². The first-order valence-corrected chi connectivity index (χ1v) is 6.76. The number of carbonyl (C=O) groups is 2. The molecule has 1 N–H and O–H groups in total. The molecule has 1 aromatic heterocycles. The van der Waals surface area contributed by atoms with Crippen LogP contribution >= 0.6 is 0 Å². The minimum atomic E-state index is -0.869. The quantitative estimate of drug-likeness (QED) is 0.850. The highest BCUT2D eigenvalue weighted by molar-refractivity contribution is 5.86. The fourth-order valence-electron chi connectivity index (χ4n) is 3.46. The molecule has 0 radical (unpaired) electrons. The van der Waals surface area contributed by atoms with Gasteiger partial charge < -0.3 is 14.4 Å². The topological polar surface area (TPSA) is 70.8 Å². The summed E-state index contributed by atoms with van der Waals surface area (Å²) >= 11 is 0. The molecule has 1 saturated carbocycles. The lowest BCUT2D eigenvalue weighted by atomic mass is 9.82. The number of allylic oxidation sites excluding steroid dienone is 2. The Morgan fingerprint density at radius 1 is 1.35 bits per heavy atom. The van der Waals surface area contributed by atoms with E-state index in [1.807, 2.05) is 12.2 Å². The van der Waals surface area contributed by atoms with Crippen molar-refractivity contribution in [3.8, 4) is 0 Å². The van der Waals surface area contributed by atoms with Crippen molar-refractivity contribution in [2.24, 2.45) is 23.7 Å². The lowest BCUT2D eigenvalue weighted by Crippen LogP contribution is -2.40. The minimum Gasteiger partial charge on any atom is -0.481 e. The standard InChI is InChI=1S/C15H17NO4/c1-16(8-11-3-2-6-20-11)14(17)12-9-4-5-10(7-9)13(12)15(18)19/h2-6,9-10,12-13H,7-8H2,1H3,(H,18,19). The van der Waals surface area contributed by atoms with Crippen molar-refractivity contribution in [1.82, 2.24) is 4.90 Å². The molecular weight excluding hydrogens is 258 g/mol. The van der Waals surface area contributed by atoms with E-state index < -0.39 is 17.8 Å². The molecule has 4 unspecified atom stereocenters. The van der Waals surface area contributed by atoms with Gasteiger partial charge in [-0.15, -0.1) is 0 Å². The number of aliphatic carboxylic acids is 1. The molecular formula is C15H17NO4. The van der Waals surface area contributed by atoms with Gasteiger partial charge in [-0.3, -0.25) is 9.59 Å². The van der Waals surface area contributed by atoms with Gasteiger partial charge in [-0.1, -0.05) is 12.2 Å². The summed E-state index contributed by atoms with van der Waals surface area (Å²) in [5.74, 6) is -1.24. The number of nitrogens with zero attached hydrogens (tertiary/aromatic N) is 1. The summed E-state index contributed by atoms with van der Waals surface area (Å²) in [7, 11) is 1.69. The van der Waals surface area contributed by atoms with Crippen LogP contribution in [-0.4, -0.2) is 28.9 Å². The van der Waals surface area contributed by atoms with E-state index in [2.05, 4.69) is 0 Å². The van der Waals surface area contributed by atoms with Crippen LogP contribution < -0.4 is 0 Å². The summed E-state index contributed by atoms with van der Waals surface area (Å²) in [6.45, 7) is 0.371. The summed E-state index contributed by atoms with van der Waals surface area (Å²) in [6.07, 6.45) is 6.28. The predicted molar refractivity (Wildman–Crippen MR) is 70.5 cm³/mol. The van der Waals surface area contributed by atoms with E-state index in [9.17, 15) is 14.7 Å². The monoisotopic (exact) mass is 275 g/mol. The molecule has 20 heavy (non-hydrogen) atoms. The number of amides is 1. The average molecular weight is 275 g/mol. The molecule has 3 rings (SSSR count). The SMILES string of the molecule is CN(Cc1ccco1)C(=O)C1C2C=CC(C2)C1C(=O)O. The second-order valence-corrected chi connectivity index (χ2v) is 5.61. The molecule has 4 atom stereocenters. The Hall–Kier alpha value is -2.04. The van der Waals surface area contributed by atoms with Gasteiger partial charge in [-0.25, -0.2) is 0 Å². The van der Waals surface area contributed by atoms with Gasteiger partial charge in [0.25, 0.3) is 0 Å². The van der Waals surface area contributed by atoms with E-state index in [-0.39, 0.29) is 17.7 Å². The van der Waals surface area contributed by atoms with Gasteiger partial charge >= 0.3 is 5.97 Å². The Kier molecular flexibility index (Phi) is 3.12. The van der Waals surface area contributed by atoms with E-state index in [0.29, 0.717) is 12.3 Å². The van der Waals surface area contributed by atoms with Crippen molar-refractivity contribution in [1.29, 1.82) is 0 Å². The first kappa shape index (κ1) is 13.0. The number of fused-ring (bicyclic) bond motifs is 2. The molecule has 0 spiro atoms. The molecule has 5 nitrogen and oxygen atoms in total. The van der Waals surface area contributed by atoms with Crippen LogP contribution in [0.1, 0.15) is 12.2 Å². The summed E-state index contributed by atoms with van der Waals surface area (Å²) in [6, 6.07) is 3.58. The zero-order chi connectivity index (χ0) is 14.3. The number of carboxylic acid groups (broad SMARTS) is 1. The maximum Gasteiger partial charge on any atom is 0.307 e. The number of hydrogen-bond acceptors (Lipinski definition) is 3. The molecule has 106 valence electrons. The second-order valence-electron chi connectivity index (χ2n) is 5.61. The zero-order valence-electron chi connectivity index (χ0n) is 11.2. The fourth-order valence-corrected chi connectivity index (χ4v) is 3.46. The lowest BCUT2D eigenvalue weighted by Gasteiger charge is -2.28. The van der Waals surface area contributed by atoms with Gasteiger partial charge in [0.1, 0.15) is 5.76 Å². The van der Waals surface area contributed by atoms with Crippen LogP contribution in [0.2, 0.25) is 0 Å². The highest BCUT2D eigenvalue weighted by atomic mass is 16.4. The third-order valence-corrected chi connectivity index (χ3v) is 4.38. The summed E-state index contributed by atoms with van der Waals surface area (Å²) in [4.78, 5) is 25.5. The molecule has 0 saturated heterocycles. The Labute approximate surface area is 116 Å². The van der Waals surface area contributed by atoms with E-state index in [4.69, 9.17) is 4.42 Å². The average Bonchev–Trinajstić information content (AvgIpc) is 3.12. The molecule has 5 heteroatoms. The van der Waals surface area contributed by atoms with Crippen LogP contribution in [0.5, 0.6) is 0 Å². The van der Waals surface area contributed by atoms with Crippen molar-refractivity contribution in [2.75, 3.05) is 7.05 Å². The van der Waals surface area contributed by atoms with Crippen molar-refractivity contribution in [3.05, 3.63) is 36.3 Å². The van der Waals surface area contributed by atoms with Gasteiger partial charge in [0.05, 0.1) is 24.6 Å². The molecule has 1 aromatic rings. The largest absolute Gasteiger partial charge is 0.481 e. The highest BCUT2D eigenvalue weighted by Crippen LogP contribution is 2.48. The first-order chi connectivity index (χ1) is 9.58. The van der Waals surface area contributed by atoms with Crippen LogP contribution in [-0.2, 0) is 16.1 Å². The molecule has 2 aliphatic carbocycles. The van der Waals surface area contributed by atoms with Gasteiger partial charge in [0, 0.05) is 7.05 Å². The number of hydrogen-bond donors (Lipinski definition) is 1. The second kappa shape index (κ2) is 4.81. The van der Waals surface area contributed by atoms with Gasteiger partial charge in [0.2, 0.25) is 5.91 Å². The Morgan fingerprint density at radius 3 is 2.65 bits per heavy atom. The third kappa shape index (κ3) is 2.03. The Morgan fingerprint density at radius 2 is 2.05 bits per heavy atom.